The molecule has 0 amide bonds. The van der Waals surface area contributed by atoms with Gasteiger partial charge < -0.3 is 33.8 Å². The molecule has 0 radical (unpaired) electrons. The predicted octanol–water partition coefficient (Wildman–Crippen LogP) is 18.7. The summed E-state index contributed by atoms with van der Waals surface area (Å²) in [5.74, 6) is 0.120. The highest BCUT2D eigenvalue weighted by molar-refractivity contribution is 7.47. The highest BCUT2D eigenvalue weighted by atomic mass is 31.2. The van der Waals surface area contributed by atoms with E-state index in [1.54, 1.807) is 0 Å². The second-order valence-electron chi connectivity index (χ2n) is 25.4. The van der Waals surface area contributed by atoms with Gasteiger partial charge in [0.2, 0.25) is 0 Å². The Balaban J connectivity index is 5.24. The Morgan fingerprint density at radius 2 is 0.593 bits per heavy atom. The first-order chi connectivity index (χ1) is 41.3. The molecule has 0 fully saturated rings. The zero-order valence-corrected chi connectivity index (χ0v) is 57.6. The van der Waals surface area contributed by atoms with E-state index in [4.69, 9.17) is 37.0 Å². The maximum atomic E-state index is 13.0. The molecule has 0 spiro atoms. The number of hydrogen-bond donors (Lipinski definition) is 3. The lowest BCUT2D eigenvalue weighted by molar-refractivity contribution is -0.161. The maximum absolute atomic E-state index is 13.0. The summed E-state index contributed by atoms with van der Waals surface area (Å²) in [6.45, 7) is 11.8. The second-order valence-corrected chi connectivity index (χ2v) is 28.3. The van der Waals surface area contributed by atoms with Crippen molar-refractivity contribution < 1.29 is 80.2 Å². The quantitative estimate of drug-likeness (QED) is 0.0222. The maximum Gasteiger partial charge on any atom is 0.472 e. The molecule has 0 aliphatic carbocycles. The van der Waals surface area contributed by atoms with Crippen LogP contribution < -0.4 is 0 Å². The first kappa shape index (κ1) is 84.1. The number of hydrogen-bond acceptors (Lipinski definition) is 15. The van der Waals surface area contributed by atoms with Gasteiger partial charge in [0.25, 0.3) is 0 Å². The van der Waals surface area contributed by atoms with Crippen molar-refractivity contribution in [1.29, 1.82) is 0 Å². The third-order valence-corrected chi connectivity index (χ3v) is 17.6. The van der Waals surface area contributed by atoms with Crippen LogP contribution in [-0.2, 0) is 65.4 Å². The predicted molar refractivity (Wildman–Crippen MR) is 344 cm³/mol. The van der Waals surface area contributed by atoms with Crippen LogP contribution in [0.4, 0.5) is 0 Å². The highest BCUT2D eigenvalue weighted by Gasteiger charge is 2.30. The molecule has 3 unspecified atom stereocenters. The lowest BCUT2D eigenvalue weighted by Gasteiger charge is -2.21. The third kappa shape index (κ3) is 59.7. The van der Waals surface area contributed by atoms with E-state index >= 15 is 0 Å². The molecule has 0 rings (SSSR count). The summed E-state index contributed by atoms with van der Waals surface area (Å²) in [6.07, 6.45) is 40.4. The summed E-state index contributed by atoms with van der Waals surface area (Å²) >= 11 is 0. The summed E-state index contributed by atoms with van der Waals surface area (Å²) in [7, 11) is -9.89. The van der Waals surface area contributed by atoms with Crippen LogP contribution >= 0.6 is 15.6 Å². The van der Waals surface area contributed by atoms with E-state index < -0.39 is 97.5 Å². The summed E-state index contributed by atoms with van der Waals surface area (Å²) in [6, 6.07) is 0. The van der Waals surface area contributed by atoms with Crippen molar-refractivity contribution in [2.45, 2.75) is 349 Å². The molecule has 86 heavy (non-hydrogen) atoms. The molecule has 0 aromatic heterocycles. The standard InChI is InChI=1S/C67H130O17P2/c1-8-10-11-12-13-26-34-41-48-64(69)77-55-63(84-67(72)51-44-37-30-29-33-40-47-60(7)9-2)57-82-86(75,76)80-53-61(68)52-79-85(73,74)81-56-62(54-78-65(70)49-42-35-27-22-19-18-21-25-32-39-46-59(5)6)83-66(71)50-43-36-28-23-17-15-14-16-20-24-31-38-45-58(3)4/h58-63,68H,8-57H2,1-7H3,(H,73,74)(H,75,76)/t60?,61-,62-,63-/m1/s1. The average Bonchev–Trinajstić information content (AvgIpc) is 3.65. The summed E-state index contributed by atoms with van der Waals surface area (Å²) in [5, 5.41) is 10.6. The molecular weight excluding hydrogens is 1140 g/mol. The van der Waals surface area contributed by atoms with Gasteiger partial charge in [-0.15, -0.1) is 0 Å². The van der Waals surface area contributed by atoms with Gasteiger partial charge in [-0.05, 0) is 43.4 Å². The molecule has 0 saturated heterocycles. The Hall–Kier alpha value is -1.94. The zero-order valence-electron chi connectivity index (χ0n) is 55.8. The monoisotopic (exact) mass is 1270 g/mol. The molecule has 0 aliphatic rings. The van der Waals surface area contributed by atoms with Gasteiger partial charge in [-0.25, -0.2) is 9.13 Å². The first-order valence-electron chi connectivity index (χ1n) is 34.9. The topological polar surface area (TPSA) is 237 Å². The lowest BCUT2D eigenvalue weighted by Crippen LogP contribution is -2.30. The van der Waals surface area contributed by atoms with E-state index in [0.29, 0.717) is 25.7 Å². The molecule has 6 atom stereocenters. The molecule has 17 nitrogen and oxygen atoms in total. The molecule has 510 valence electrons. The number of aliphatic hydroxyl groups is 1. The number of phosphoric acid groups is 2. The van der Waals surface area contributed by atoms with Crippen LogP contribution in [0.2, 0.25) is 0 Å². The Labute approximate surface area is 524 Å². The van der Waals surface area contributed by atoms with Crippen LogP contribution in [-0.4, -0.2) is 96.7 Å². The SMILES string of the molecule is CCCCCCCCCCC(=O)OC[C@H](COP(=O)(O)OC[C@H](O)COP(=O)(O)OC[C@@H](COC(=O)CCCCCCCCCCCCC(C)C)OC(=O)CCCCCCCCCCCCCCC(C)C)OC(=O)CCCCCCCCC(C)CC. The van der Waals surface area contributed by atoms with Crippen LogP contribution in [0.3, 0.4) is 0 Å². The Bertz CT molecular complexity index is 1700. The van der Waals surface area contributed by atoms with Crippen molar-refractivity contribution in [3.05, 3.63) is 0 Å². The number of esters is 4. The molecule has 0 aromatic rings. The Kier molecular flexibility index (Phi) is 56.9. The van der Waals surface area contributed by atoms with Crippen molar-refractivity contribution in [2.75, 3.05) is 39.6 Å². The minimum Gasteiger partial charge on any atom is -0.462 e. The number of carbonyl (C=O) groups is 4. The number of phosphoric ester groups is 2. The van der Waals surface area contributed by atoms with Crippen molar-refractivity contribution >= 4 is 39.5 Å². The number of ether oxygens (including phenoxy) is 4. The fourth-order valence-electron chi connectivity index (χ4n) is 9.98. The van der Waals surface area contributed by atoms with E-state index in [1.165, 1.54) is 135 Å². The lowest BCUT2D eigenvalue weighted by atomic mass is 10.00. The molecule has 0 aromatic carbocycles. The van der Waals surface area contributed by atoms with Crippen LogP contribution in [0.5, 0.6) is 0 Å². The minimum absolute atomic E-state index is 0.102. The van der Waals surface area contributed by atoms with Gasteiger partial charge in [0.15, 0.2) is 12.2 Å². The number of aliphatic hydroxyl groups excluding tert-OH is 1. The molecular formula is C67H130O17P2. The molecule has 0 aliphatic heterocycles. The molecule has 0 saturated carbocycles. The van der Waals surface area contributed by atoms with E-state index in [-0.39, 0.29) is 25.7 Å². The average molecular weight is 1270 g/mol. The van der Waals surface area contributed by atoms with Gasteiger partial charge in [-0.3, -0.25) is 37.3 Å². The highest BCUT2D eigenvalue weighted by Crippen LogP contribution is 2.45. The van der Waals surface area contributed by atoms with Crippen molar-refractivity contribution in [3.63, 3.8) is 0 Å². The van der Waals surface area contributed by atoms with Crippen LogP contribution in [0.1, 0.15) is 331 Å². The van der Waals surface area contributed by atoms with Crippen molar-refractivity contribution in [2.24, 2.45) is 17.8 Å². The fraction of sp³-hybridized carbons (Fsp3) is 0.940. The number of unbranched alkanes of at least 4 members (excludes halogenated alkanes) is 32. The smallest absolute Gasteiger partial charge is 0.462 e. The van der Waals surface area contributed by atoms with Crippen molar-refractivity contribution in [1.82, 2.24) is 0 Å². The summed E-state index contributed by atoms with van der Waals surface area (Å²) in [5.41, 5.74) is 0. The Morgan fingerprint density at radius 1 is 0.337 bits per heavy atom. The minimum atomic E-state index is -4.95. The van der Waals surface area contributed by atoms with E-state index in [9.17, 15) is 43.2 Å². The van der Waals surface area contributed by atoms with Crippen LogP contribution in [0.15, 0.2) is 0 Å². The molecule has 19 heteroatoms. The normalized spacial score (nSPS) is 14.6. The number of carbonyl (C=O) groups excluding carboxylic acids is 4. The molecule has 0 heterocycles. The fourth-order valence-corrected chi connectivity index (χ4v) is 11.6. The van der Waals surface area contributed by atoms with Crippen LogP contribution in [0, 0.1) is 17.8 Å². The summed E-state index contributed by atoms with van der Waals surface area (Å²) in [4.78, 5) is 72.3. The summed E-state index contributed by atoms with van der Waals surface area (Å²) < 4.78 is 68.1. The van der Waals surface area contributed by atoms with Gasteiger partial charge in [-0.2, -0.15) is 0 Å². The third-order valence-electron chi connectivity index (χ3n) is 15.7. The van der Waals surface area contributed by atoms with Gasteiger partial charge >= 0.3 is 39.5 Å². The largest absolute Gasteiger partial charge is 0.472 e. The number of rotatable bonds is 65. The second kappa shape index (κ2) is 58.2. The zero-order chi connectivity index (χ0) is 63.8. The first-order valence-corrected chi connectivity index (χ1v) is 37.9. The van der Waals surface area contributed by atoms with E-state index in [0.717, 1.165) is 114 Å². The van der Waals surface area contributed by atoms with Gasteiger partial charge in [-0.1, -0.05) is 280 Å². The van der Waals surface area contributed by atoms with Gasteiger partial charge in [0, 0.05) is 25.7 Å². The van der Waals surface area contributed by atoms with E-state index in [2.05, 4.69) is 48.5 Å². The Morgan fingerprint density at radius 3 is 0.884 bits per heavy atom. The van der Waals surface area contributed by atoms with Crippen molar-refractivity contribution in [3.8, 4) is 0 Å². The van der Waals surface area contributed by atoms with Gasteiger partial charge in [0.1, 0.15) is 19.3 Å². The molecule has 3 N–H and O–H groups in total. The molecule has 0 bridgehead atoms. The van der Waals surface area contributed by atoms with Crippen LogP contribution in [0.25, 0.3) is 0 Å². The van der Waals surface area contributed by atoms with Gasteiger partial charge in [0.05, 0.1) is 26.4 Å². The van der Waals surface area contributed by atoms with E-state index in [1.807, 2.05) is 0 Å².